The second kappa shape index (κ2) is 7.42. The van der Waals surface area contributed by atoms with Gasteiger partial charge in [0.1, 0.15) is 17.7 Å². The fourth-order valence-electron chi connectivity index (χ4n) is 5.44. The summed E-state index contributed by atoms with van der Waals surface area (Å²) in [5.74, 6) is -0.274. The molecule has 0 saturated carbocycles. The van der Waals surface area contributed by atoms with E-state index >= 15 is 0 Å². The van der Waals surface area contributed by atoms with Crippen molar-refractivity contribution in [2.24, 2.45) is 0 Å². The maximum absolute atomic E-state index is 14.1. The number of carbonyl (C=O) groups is 1. The van der Waals surface area contributed by atoms with Gasteiger partial charge in [-0.15, -0.1) is 0 Å². The average molecular weight is 456 g/mol. The van der Waals surface area contributed by atoms with Crippen LogP contribution in [0.4, 0.5) is 4.39 Å². The number of halogens is 2. The second-order valence-electron chi connectivity index (χ2n) is 9.03. The van der Waals surface area contributed by atoms with Crippen LogP contribution in [0.25, 0.3) is 5.65 Å². The van der Waals surface area contributed by atoms with E-state index in [4.69, 9.17) is 16.3 Å². The van der Waals surface area contributed by atoms with Crippen LogP contribution in [0.15, 0.2) is 30.6 Å². The molecule has 5 heterocycles. The summed E-state index contributed by atoms with van der Waals surface area (Å²) < 4.78 is 22.0. The van der Waals surface area contributed by atoms with Crippen LogP contribution in [0.2, 0.25) is 5.02 Å². The van der Waals surface area contributed by atoms with Crippen LogP contribution in [0.5, 0.6) is 5.75 Å². The fraction of sp³-hybridized carbons (Fsp3) is 0.435. The highest BCUT2D eigenvalue weighted by Gasteiger charge is 2.40. The Morgan fingerprint density at radius 3 is 2.78 bits per heavy atom. The number of hydrogen-bond acceptors (Lipinski definition) is 5. The molecule has 1 aromatic carbocycles. The van der Waals surface area contributed by atoms with E-state index in [2.05, 4.69) is 22.0 Å². The quantitative estimate of drug-likeness (QED) is 0.603. The normalized spacial score (nSPS) is 24.8. The molecule has 2 bridgehead atoms. The Kier molecular flexibility index (Phi) is 4.62. The van der Waals surface area contributed by atoms with Gasteiger partial charge in [0, 0.05) is 29.9 Å². The summed E-state index contributed by atoms with van der Waals surface area (Å²) in [6.07, 6.45) is 7.41. The van der Waals surface area contributed by atoms with Gasteiger partial charge in [-0.05, 0) is 44.9 Å². The molecule has 3 aliphatic rings. The van der Waals surface area contributed by atoms with E-state index in [1.54, 1.807) is 21.8 Å². The number of amides is 1. The fourth-order valence-corrected chi connectivity index (χ4v) is 5.58. The Balaban J connectivity index is 1.24. The van der Waals surface area contributed by atoms with Crippen molar-refractivity contribution < 1.29 is 13.9 Å². The molecule has 1 amide bonds. The van der Waals surface area contributed by atoms with E-state index < -0.39 is 5.82 Å². The highest BCUT2D eigenvalue weighted by atomic mass is 35.5. The zero-order valence-corrected chi connectivity index (χ0v) is 18.4. The first-order valence-electron chi connectivity index (χ1n) is 11.0. The Morgan fingerprint density at radius 2 is 2.00 bits per heavy atom. The first-order chi connectivity index (χ1) is 15.5. The first-order valence-corrected chi connectivity index (χ1v) is 11.3. The van der Waals surface area contributed by atoms with E-state index in [9.17, 15) is 9.18 Å². The molecule has 2 aromatic heterocycles. The van der Waals surface area contributed by atoms with Crippen LogP contribution in [0, 0.1) is 5.82 Å². The highest BCUT2D eigenvalue weighted by Crippen LogP contribution is 2.37. The molecular formula is C23H23ClFN5O2. The summed E-state index contributed by atoms with van der Waals surface area (Å²) in [4.78, 5) is 21.9. The number of carbonyl (C=O) groups excluding carboxylic acids is 1. The lowest BCUT2D eigenvalue weighted by molar-refractivity contribution is 0.0622. The van der Waals surface area contributed by atoms with Gasteiger partial charge in [-0.3, -0.25) is 4.79 Å². The monoisotopic (exact) mass is 455 g/mol. The molecule has 6 rings (SSSR count). The predicted molar refractivity (Wildman–Crippen MR) is 116 cm³/mol. The minimum Gasteiger partial charge on any atom is -0.489 e. The maximum atomic E-state index is 14.1. The van der Waals surface area contributed by atoms with E-state index in [1.807, 2.05) is 0 Å². The minimum absolute atomic E-state index is 0.00835. The number of piperidine rings is 1. The third-order valence-corrected chi connectivity index (χ3v) is 7.31. The largest absolute Gasteiger partial charge is 0.489 e. The van der Waals surface area contributed by atoms with E-state index in [-0.39, 0.29) is 12.0 Å². The third-order valence-electron chi connectivity index (χ3n) is 7.12. The molecular weight excluding hydrogens is 433 g/mol. The van der Waals surface area contributed by atoms with Crippen molar-refractivity contribution in [1.29, 1.82) is 0 Å². The van der Waals surface area contributed by atoms with Crippen LogP contribution < -0.4 is 4.74 Å². The number of aromatic nitrogens is 3. The lowest BCUT2D eigenvalue weighted by atomic mass is 10.0. The number of ether oxygens (including phenoxy) is 1. The summed E-state index contributed by atoms with van der Waals surface area (Å²) in [7, 11) is 2.17. The van der Waals surface area contributed by atoms with Gasteiger partial charge >= 0.3 is 0 Å². The zero-order chi connectivity index (χ0) is 22.0. The second-order valence-corrected chi connectivity index (χ2v) is 9.47. The predicted octanol–water partition coefficient (Wildman–Crippen LogP) is 3.68. The van der Waals surface area contributed by atoms with Crippen molar-refractivity contribution in [3.8, 4) is 5.75 Å². The van der Waals surface area contributed by atoms with Crippen molar-refractivity contribution in [1.82, 2.24) is 24.4 Å². The highest BCUT2D eigenvalue weighted by molar-refractivity contribution is 6.30. The molecule has 9 heteroatoms. The van der Waals surface area contributed by atoms with Crippen molar-refractivity contribution in [2.75, 3.05) is 7.05 Å². The van der Waals surface area contributed by atoms with Gasteiger partial charge in [0.2, 0.25) is 0 Å². The summed E-state index contributed by atoms with van der Waals surface area (Å²) in [6, 6.07) is 5.17. The average Bonchev–Trinajstić information content (AvgIpc) is 3.36. The van der Waals surface area contributed by atoms with Gasteiger partial charge in [-0.25, -0.2) is 13.9 Å². The Morgan fingerprint density at radius 1 is 1.22 bits per heavy atom. The first kappa shape index (κ1) is 19.9. The van der Waals surface area contributed by atoms with Crippen LogP contribution in [0.3, 0.4) is 0 Å². The van der Waals surface area contributed by atoms with Crippen LogP contribution in [0.1, 0.15) is 47.3 Å². The van der Waals surface area contributed by atoms with E-state index in [0.717, 1.165) is 24.1 Å². The van der Waals surface area contributed by atoms with Gasteiger partial charge in [-0.1, -0.05) is 11.6 Å². The maximum Gasteiger partial charge on any atom is 0.258 e. The van der Waals surface area contributed by atoms with Crippen molar-refractivity contribution in [2.45, 2.75) is 57.0 Å². The van der Waals surface area contributed by atoms with Crippen molar-refractivity contribution >= 4 is 23.2 Å². The number of fused-ring (bicyclic) bond motifs is 5. The summed E-state index contributed by atoms with van der Waals surface area (Å²) in [5.41, 5.74) is 2.78. The summed E-state index contributed by atoms with van der Waals surface area (Å²) in [6.45, 7) is 0.756. The standard InChI is InChI=1S/C23H23ClFN5O2/c1-28-15-3-4-16(28)8-17(7-15)32-21-6-14(25)2-5-18(21)23(31)29-11-19-20(12-29)27-30-10-13(24)9-26-22(19)30/h2,5-6,9-10,15-17H,3-4,7-8,11-12H2,1H3. The van der Waals surface area contributed by atoms with E-state index in [0.29, 0.717) is 47.2 Å². The van der Waals surface area contributed by atoms with Crippen LogP contribution in [-0.2, 0) is 13.1 Å². The Hall–Kier alpha value is -2.71. The lowest BCUT2D eigenvalue weighted by Crippen LogP contribution is -2.44. The molecule has 32 heavy (non-hydrogen) atoms. The molecule has 0 aliphatic carbocycles. The molecule has 0 spiro atoms. The molecule has 2 atom stereocenters. The van der Waals surface area contributed by atoms with Gasteiger partial charge in [0.05, 0.1) is 35.6 Å². The third kappa shape index (κ3) is 3.24. The number of nitrogens with zero attached hydrogens (tertiary/aromatic N) is 5. The SMILES string of the molecule is CN1C2CCC1CC(Oc1cc(F)ccc1C(=O)N1Cc3nn4cc(Cl)cnc4c3C1)C2. The summed E-state index contributed by atoms with van der Waals surface area (Å²) >= 11 is 6.01. The lowest BCUT2D eigenvalue weighted by Gasteiger charge is -2.36. The minimum atomic E-state index is -0.407. The summed E-state index contributed by atoms with van der Waals surface area (Å²) in [5, 5.41) is 5.02. The smallest absolute Gasteiger partial charge is 0.258 e. The van der Waals surface area contributed by atoms with Gasteiger partial charge < -0.3 is 14.5 Å². The van der Waals surface area contributed by atoms with Gasteiger partial charge in [-0.2, -0.15) is 5.10 Å². The van der Waals surface area contributed by atoms with Gasteiger partial charge in [0.25, 0.3) is 5.91 Å². The number of benzene rings is 1. The molecule has 2 unspecified atom stereocenters. The Labute approximate surface area is 189 Å². The van der Waals surface area contributed by atoms with E-state index in [1.165, 1.54) is 31.0 Å². The molecule has 3 aliphatic heterocycles. The zero-order valence-electron chi connectivity index (χ0n) is 17.7. The Bertz CT molecular complexity index is 1220. The topological polar surface area (TPSA) is 63.0 Å². The number of rotatable bonds is 3. The molecule has 2 saturated heterocycles. The molecule has 0 radical (unpaired) electrons. The van der Waals surface area contributed by atoms with Crippen molar-refractivity contribution in [3.63, 3.8) is 0 Å². The molecule has 166 valence electrons. The van der Waals surface area contributed by atoms with Gasteiger partial charge in [0.15, 0.2) is 5.65 Å². The molecule has 2 fully saturated rings. The van der Waals surface area contributed by atoms with Crippen molar-refractivity contribution in [3.05, 3.63) is 58.3 Å². The molecule has 0 N–H and O–H groups in total. The molecule has 7 nitrogen and oxygen atoms in total. The number of hydrogen-bond donors (Lipinski definition) is 0. The van der Waals surface area contributed by atoms with Crippen LogP contribution >= 0.6 is 11.6 Å². The molecule has 3 aromatic rings. The van der Waals surface area contributed by atoms with Crippen LogP contribution in [-0.4, -0.2) is 55.5 Å².